The van der Waals surface area contributed by atoms with Gasteiger partial charge in [0, 0.05) is 0 Å². The fourth-order valence-electron chi connectivity index (χ4n) is 3.82. The smallest absolute Gasteiger partial charge is 0.748 e. The van der Waals surface area contributed by atoms with E-state index in [0.717, 1.165) is 38.5 Å². The van der Waals surface area contributed by atoms with Crippen molar-refractivity contribution in [1.29, 1.82) is 0 Å². The van der Waals surface area contributed by atoms with Crippen LogP contribution in [0.5, 0.6) is 0 Å². The molecular formula is C23H47KO4S. The van der Waals surface area contributed by atoms with Crippen LogP contribution in [0.2, 0.25) is 0 Å². The molecule has 4 nitrogen and oxygen atoms in total. The van der Waals surface area contributed by atoms with Crippen molar-refractivity contribution in [3.05, 3.63) is 0 Å². The first-order valence-corrected chi connectivity index (χ1v) is 13.5. The summed E-state index contributed by atoms with van der Waals surface area (Å²) in [6.07, 6.45) is 19.2. The van der Waals surface area contributed by atoms with Gasteiger partial charge >= 0.3 is 51.4 Å². The van der Waals surface area contributed by atoms with Gasteiger partial charge in [0.2, 0.25) is 0 Å². The van der Waals surface area contributed by atoms with E-state index in [0.29, 0.717) is 12.8 Å². The Hall–Kier alpha value is 1.51. The van der Waals surface area contributed by atoms with E-state index in [-0.39, 0.29) is 57.8 Å². The molecule has 1 N–H and O–H groups in total. The number of rotatable bonds is 21. The summed E-state index contributed by atoms with van der Waals surface area (Å²) in [5.74, 6) is 0. The van der Waals surface area contributed by atoms with Crippen LogP contribution in [-0.2, 0) is 10.1 Å². The molecule has 170 valence electrons. The van der Waals surface area contributed by atoms with Gasteiger partial charge in [-0.3, -0.25) is 0 Å². The fourth-order valence-corrected chi connectivity index (χ4v) is 4.73. The monoisotopic (exact) mass is 458 g/mol. The molecule has 0 radical (unpaired) electrons. The molecule has 0 aromatic rings. The second kappa shape index (κ2) is 22.7. The van der Waals surface area contributed by atoms with E-state index in [1.807, 2.05) is 0 Å². The Balaban J connectivity index is 0. The molecule has 6 heteroatoms. The Morgan fingerprint density at radius 3 is 1.38 bits per heavy atom. The summed E-state index contributed by atoms with van der Waals surface area (Å²) in [5.41, 5.74) is 0. The van der Waals surface area contributed by atoms with E-state index in [2.05, 4.69) is 13.8 Å². The van der Waals surface area contributed by atoms with Crippen molar-refractivity contribution < 1.29 is 69.5 Å². The molecule has 0 fully saturated rings. The molecule has 0 bridgehead atoms. The molecular weight excluding hydrogens is 411 g/mol. The molecule has 0 aromatic carbocycles. The predicted octanol–water partition coefficient (Wildman–Crippen LogP) is 3.72. The number of hydrogen-bond donors (Lipinski definition) is 1. The first-order valence-electron chi connectivity index (χ1n) is 12.0. The molecule has 2 unspecified atom stereocenters. The summed E-state index contributed by atoms with van der Waals surface area (Å²) in [6.45, 7) is 4.39. The van der Waals surface area contributed by atoms with Crippen LogP contribution < -0.4 is 51.4 Å². The molecule has 29 heavy (non-hydrogen) atoms. The van der Waals surface area contributed by atoms with Crippen molar-refractivity contribution >= 4 is 10.1 Å². The topological polar surface area (TPSA) is 77.4 Å². The summed E-state index contributed by atoms with van der Waals surface area (Å²) in [5, 5.41) is 9.19. The summed E-state index contributed by atoms with van der Waals surface area (Å²) >= 11 is 0. The van der Waals surface area contributed by atoms with Gasteiger partial charge in [-0.25, -0.2) is 8.42 Å². The minimum Gasteiger partial charge on any atom is -0.748 e. The maximum atomic E-state index is 11.5. The average molecular weight is 459 g/mol. The first-order chi connectivity index (χ1) is 13.4. The van der Waals surface area contributed by atoms with E-state index in [9.17, 15) is 18.1 Å². The third kappa shape index (κ3) is 22.5. The van der Waals surface area contributed by atoms with Crippen LogP contribution in [-0.4, -0.2) is 29.4 Å². The molecule has 2 atom stereocenters. The molecule has 0 saturated heterocycles. The molecule has 0 aliphatic rings. The van der Waals surface area contributed by atoms with Gasteiger partial charge in [-0.1, -0.05) is 117 Å². The quantitative estimate of drug-likeness (QED) is 0.162. The Morgan fingerprint density at radius 2 is 1.00 bits per heavy atom. The summed E-state index contributed by atoms with van der Waals surface area (Å²) in [7, 11) is -4.32. The largest absolute Gasteiger partial charge is 1.00 e. The number of aliphatic hydroxyl groups is 1. The standard InChI is InChI=1S/C23H48O4S.K/c1-3-5-7-9-10-11-12-13-14-16-18-20-23(28(25,26)27)21-22(24)19-17-15-8-6-4-2;/h22-24H,3-21H2,1-2H3,(H,25,26,27);/q;+1/p-1. The van der Waals surface area contributed by atoms with E-state index >= 15 is 0 Å². The van der Waals surface area contributed by atoms with E-state index < -0.39 is 21.5 Å². The van der Waals surface area contributed by atoms with E-state index in [1.54, 1.807) is 0 Å². The normalized spacial score (nSPS) is 13.8. The van der Waals surface area contributed by atoms with Crippen molar-refractivity contribution in [2.24, 2.45) is 0 Å². The van der Waals surface area contributed by atoms with Crippen LogP contribution in [0.15, 0.2) is 0 Å². The maximum absolute atomic E-state index is 11.5. The fraction of sp³-hybridized carbons (Fsp3) is 1.00. The maximum Gasteiger partial charge on any atom is 1.00 e. The number of hydrogen-bond acceptors (Lipinski definition) is 4. The van der Waals surface area contributed by atoms with Gasteiger partial charge in [-0.15, -0.1) is 0 Å². The Bertz CT molecular complexity index is 429. The van der Waals surface area contributed by atoms with Crippen molar-refractivity contribution in [3.8, 4) is 0 Å². The summed E-state index contributed by atoms with van der Waals surface area (Å²) in [6, 6.07) is 0. The van der Waals surface area contributed by atoms with Crippen LogP contribution in [0, 0.1) is 0 Å². The van der Waals surface area contributed by atoms with Gasteiger partial charge in [-0.2, -0.15) is 0 Å². The zero-order chi connectivity index (χ0) is 21.1. The van der Waals surface area contributed by atoms with E-state index in [1.165, 1.54) is 64.2 Å². The predicted molar refractivity (Wildman–Crippen MR) is 119 cm³/mol. The minimum absolute atomic E-state index is 0. The third-order valence-corrected chi connectivity index (χ3v) is 6.96. The average Bonchev–Trinajstić information content (AvgIpc) is 2.64. The van der Waals surface area contributed by atoms with Gasteiger partial charge in [0.05, 0.1) is 21.5 Å². The second-order valence-electron chi connectivity index (χ2n) is 8.53. The van der Waals surface area contributed by atoms with Crippen LogP contribution in [0.1, 0.15) is 136 Å². The molecule has 0 aliphatic heterocycles. The Kier molecular flexibility index (Phi) is 25.6. The van der Waals surface area contributed by atoms with Crippen molar-refractivity contribution in [2.45, 2.75) is 147 Å². The molecule has 0 amide bonds. The number of unbranched alkanes of at least 4 members (excludes halogenated alkanes) is 14. The molecule has 0 spiro atoms. The van der Waals surface area contributed by atoms with Crippen LogP contribution >= 0.6 is 0 Å². The Labute approximate surface area is 224 Å². The van der Waals surface area contributed by atoms with Crippen LogP contribution in [0.4, 0.5) is 0 Å². The van der Waals surface area contributed by atoms with Gasteiger partial charge in [0.1, 0.15) is 0 Å². The Morgan fingerprint density at radius 1 is 0.655 bits per heavy atom. The first kappa shape index (κ1) is 32.7. The van der Waals surface area contributed by atoms with Gasteiger partial charge in [-0.05, 0) is 19.3 Å². The van der Waals surface area contributed by atoms with Gasteiger partial charge in [0.25, 0.3) is 0 Å². The molecule has 0 aliphatic carbocycles. The second-order valence-corrected chi connectivity index (χ2v) is 10.2. The number of aliphatic hydroxyl groups excluding tert-OH is 1. The van der Waals surface area contributed by atoms with Crippen LogP contribution in [0.3, 0.4) is 0 Å². The summed E-state index contributed by atoms with van der Waals surface area (Å²) < 4.78 is 34.6. The van der Waals surface area contributed by atoms with Gasteiger partial charge in [0.15, 0.2) is 0 Å². The third-order valence-electron chi connectivity index (χ3n) is 5.71. The molecule has 0 saturated carbocycles. The van der Waals surface area contributed by atoms with Crippen molar-refractivity contribution in [3.63, 3.8) is 0 Å². The summed E-state index contributed by atoms with van der Waals surface area (Å²) in [4.78, 5) is 0. The zero-order valence-corrected chi connectivity index (χ0v) is 23.6. The van der Waals surface area contributed by atoms with Crippen molar-refractivity contribution in [1.82, 2.24) is 0 Å². The van der Waals surface area contributed by atoms with E-state index in [4.69, 9.17) is 0 Å². The van der Waals surface area contributed by atoms with Crippen LogP contribution in [0.25, 0.3) is 0 Å². The van der Waals surface area contributed by atoms with Gasteiger partial charge < -0.3 is 9.66 Å². The zero-order valence-electron chi connectivity index (χ0n) is 19.7. The van der Waals surface area contributed by atoms with Crippen molar-refractivity contribution in [2.75, 3.05) is 0 Å². The molecule has 0 rings (SSSR count). The molecule has 0 aromatic heterocycles. The minimum atomic E-state index is -4.32. The SMILES string of the molecule is CCCCCCCCCCCCCC(CC(O)CCCCCCC)S(=O)(=O)[O-].[K+]. The molecule has 0 heterocycles.